The third-order valence-corrected chi connectivity index (χ3v) is 5.07. The first-order valence-electron chi connectivity index (χ1n) is 7.00. The Kier molecular flexibility index (Phi) is 4.74. The molecule has 4 nitrogen and oxygen atoms in total. The molecule has 1 aromatic heterocycles. The van der Waals surface area contributed by atoms with Gasteiger partial charge in [0.15, 0.2) is 0 Å². The monoisotopic (exact) mass is 512 g/mol. The summed E-state index contributed by atoms with van der Waals surface area (Å²) >= 11 is 7.08. The minimum Gasteiger partial charge on any atom is -0.489 e. The molecule has 0 aliphatic carbocycles. The van der Waals surface area contributed by atoms with Crippen molar-refractivity contribution < 1.29 is 31.1 Å². The molecule has 0 amide bonds. The second-order valence-corrected chi connectivity index (χ2v) is 6.84. The Morgan fingerprint density at radius 3 is 2.42 bits per heavy atom. The fourth-order valence-corrected chi connectivity index (χ4v) is 3.82. The zero-order valence-electron chi connectivity index (χ0n) is 12.5. The minimum absolute atomic E-state index is 0.0340. The molecule has 1 aromatic carbocycles. The van der Waals surface area contributed by atoms with Crippen molar-refractivity contribution in [2.24, 2.45) is 0 Å². The summed E-state index contributed by atoms with van der Waals surface area (Å²) in [6.45, 7) is -1.55. The second-order valence-electron chi connectivity index (χ2n) is 5.50. The molecule has 26 heavy (non-hydrogen) atoms. The Balaban J connectivity index is 2.34. The van der Waals surface area contributed by atoms with Gasteiger partial charge in [0.05, 0.1) is 46.2 Å². The minimum atomic E-state index is -4.96. The van der Waals surface area contributed by atoms with E-state index in [0.717, 1.165) is 19.8 Å². The van der Waals surface area contributed by atoms with Gasteiger partial charge >= 0.3 is 12.4 Å². The van der Waals surface area contributed by atoms with Gasteiger partial charge in [-0.1, -0.05) is 11.6 Å². The average molecular weight is 513 g/mol. The van der Waals surface area contributed by atoms with E-state index in [-0.39, 0.29) is 30.1 Å². The van der Waals surface area contributed by atoms with Crippen molar-refractivity contribution >= 4 is 51.1 Å². The van der Waals surface area contributed by atoms with Crippen LogP contribution in [-0.4, -0.2) is 28.7 Å². The third-order valence-electron chi connectivity index (χ3n) is 3.76. The van der Waals surface area contributed by atoms with E-state index in [1.54, 1.807) is 0 Å². The van der Waals surface area contributed by atoms with Crippen molar-refractivity contribution in [3.63, 3.8) is 0 Å². The van der Waals surface area contributed by atoms with E-state index in [1.165, 1.54) is 22.9 Å². The zero-order valence-corrected chi connectivity index (χ0v) is 15.4. The molecular formula is C14H8ClF6IN2O2. The molecule has 0 spiro atoms. The molecule has 142 valence electrons. The molecule has 2 heterocycles. The quantitative estimate of drug-likeness (QED) is 0.413. The maximum absolute atomic E-state index is 13.4. The molecule has 0 saturated carbocycles. The van der Waals surface area contributed by atoms with Crippen LogP contribution in [0.2, 0.25) is 5.02 Å². The van der Waals surface area contributed by atoms with E-state index in [9.17, 15) is 31.1 Å². The topological polar surface area (TPSA) is 34.5 Å². The summed E-state index contributed by atoms with van der Waals surface area (Å²) in [6.07, 6.45) is -9.51. The number of hydrogen-bond acceptors (Lipinski definition) is 3. The van der Waals surface area contributed by atoms with Crippen LogP contribution in [0.5, 0.6) is 5.75 Å². The third kappa shape index (κ3) is 3.42. The van der Waals surface area contributed by atoms with Crippen LogP contribution in [0.25, 0.3) is 10.9 Å². The molecule has 0 saturated heterocycles. The predicted molar refractivity (Wildman–Crippen MR) is 91.4 cm³/mol. The molecular weight excluding hydrogens is 505 g/mol. The van der Waals surface area contributed by atoms with Gasteiger partial charge in [0, 0.05) is 11.5 Å². The van der Waals surface area contributed by atoms with Gasteiger partial charge in [0.2, 0.25) is 0 Å². The number of ether oxygens (including phenoxy) is 1. The SMILES string of the molecule is O=c1c(Cl)c(C(F)(F)F)c2cc3c(cc2n1I)OCCN3CC(F)(F)F. The van der Waals surface area contributed by atoms with Crippen LogP contribution in [0.4, 0.5) is 32.0 Å². The van der Waals surface area contributed by atoms with Crippen LogP contribution in [0.15, 0.2) is 16.9 Å². The van der Waals surface area contributed by atoms with Crippen LogP contribution in [0.3, 0.4) is 0 Å². The highest BCUT2D eigenvalue weighted by molar-refractivity contribution is 14.1. The number of fused-ring (bicyclic) bond motifs is 2. The lowest BCUT2D eigenvalue weighted by atomic mass is 10.1. The number of benzene rings is 1. The lowest BCUT2D eigenvalue weighted by molar-refractivity contribution is -0.136. The first-order chi connectivity index (χ1) is 11.9. The van der Waals surface area contributed by atoms with Gasteiger partial charge in [0.25, 0.3) is 5.56 Å². The number of alkyl halides is 6. The van der Waals surface area contributed by atoms with E-state index in [4.69, 9.17) is 16.3 Å². The summed E-state index contributed by atoms with van der Waals surface area (Å²) in [5.74, 6) is -0.0340. The van der Waals surface area contributed by atoms with Gasteiger partial charge in [-0.15, -0.1) is 0 Å². The Hall–Kier alpha value is -1.37. The Morgan fingerprint density at radius 2 is 1.85 bits per heavy atom. The smallest absolute Gasteiger partial charge is 0.418 e. The second kappa shape index (κ2) is 6.36. The first kappa shape index (κ1) is 19.4. The molecule has 1 aliphatic rings. The summed E-state index contributed by atoms with van der Waals surface area (Å²) in [5, 5.41) is -1.52. The van der Waals surface area contributed by atoms with E-state index in [2.05, 4.69) is 0 Å². The Labute approximate surface area is 160 Å². The van der Waals surface area contributed by atoms with Crippen molar-refractivity contribution in [3.05, 3.63) is 33.1 Å². The molecule has 0 radical (unpaired) electrons. The summed E-state index contributed by atoms with van der Waals surface area (Å²) in [7, 11) is 0. The molecule has 0 unspecified atom stereocenters. The molecule has 0 atom stereocenters. The van der Waals surface area contributed by atoms with E-state index < -0.39 is 40.4 Å². The van der Waals surface area contributed by atoms with Crippen molar-refractivity contribution in [3.8, 4) is 5.75 Å². The van der Waals surface area contributed by atoms with Crippen molar-refractivity contribution in [1.29, 1.82) is 0 Å². The van der Waals surface area contributed by atoms with E-state index in [1.807, 2.05) is 0 Å². The predicted octanol–water partition coefficient (Wildman–Crippen LogP) is 4.63. The number of hydrogen-bond donors (Lipinski definition) is 0. The molecule has 12 heteroatoms. The molecule has 3 rings (SSSR count). The number of anilines is 1. The molecule has 1 aliphatic heterocycles. The largest absolute Gasteiger partial charge is 0.489 e. The van der Waals surface area contributed by atoms with E-state index in [0.29, 0.717) is 0 Å². The summed E-state index contributed by atoms with van der Waals surface area (Å²) in [5.41, 5.74) is -2.75. The van der Waals surface area contributed by atoms with Crippen LogP contribution < -0.4 is 15.2 Å². The first-order valence-corrected chi connectivity index (χ1v) is 8.34. The normalized spacial score (nSPS) is 15.2. The maximum atomic E-state index is 13.4. The van der Waals surface area contributed by atoms with Gasteiger partial charge in [-0.3, -0.25) is 4.79 Å². The Morgan fingerprint density at radius 1 is 1.19 bits per heavy atom. The fourth-order valence-electron chi connectivity index (χ4n) is 2.75. The van der Waals surface area contributed by atoms with Crippen LogP contribution in [0.1, 0.15) is 5.56 Å². The number of aromatic nitrogens is 1. The number of pyridine rings is 1. The summed E-state index contributed by atoms with van der Waals surface area (Å²) in [4.78, 5) is 12.9. The molecule has 0 fully saturated rings. The number of rotatable bonds is 1. The summed E-state index contributed by atoms with van der Waals surface area (Å²) < 4.78 is 84.8. The zero-order chi connectivity index (χ0) is 19.4. The fraction of sp³-hybridized carbons (Fsp3) is 0.357. The average Bonchev–Trinajstić information content (AvgIpc) is 2.49. The highest BCUT2D eigenvalue weighted by atomic mass is 127. The molecule has 0 bridgehead atoms. The lowest BCUT2D eigenvalue weighted by Crippen LogP contribution is -2.39. The Bertz CT molecular complexity index is 940. The highest BCUT2D eigenvalue weighted by Crippen LogP contribution is 2.43. The molecule has 0 N–H and O–H groups in total. The van der Waals surface area contributed by atoms with Crippen molar-refractivity contribution in [2.45, 2.75) is 12.4 Å². The lowest BCUT2D eigenvalue weighted by Gasteiger charge is -2.32. The van der Waals surface area contributed by atoms with Crippen molar-refractivity contribution in [2.75, 3.05) is 24.6 Å². The van der Waals surface area contributed by atoms with Crippen LogP contribution in [0, 0.1) is 0 Å². The summed E-state index contributed by atoms with van der Waals surface area (Å²) in [6, 6.07) is 2.05. The highest BCUT2D eigenvalue weighted by Gasteiger charge is 2.39. The molecule has 2 aromatic rings. The van der Waals surface area contributed by atoms with Crippen LogP contribution in [-0.2, 0) is 6.18 Å². The van der Waals surface area contributed by atoms with Gasteiger partial charge in [-0.25, -0.2) is 2.78 Å². The van der Waals surface area contributed by atoms with Crippen molar-refractivity contribution in [1.82, 2.24) is 2.78 Å². The standard InChI is InChI=1S/C14H8ClF6IN2O2/c15-11-10(14(19,20)21)6-3-8-9(4-7(6)24(22)12(11)25)26-2-1-23(8)5-13(16,17)18/h3-4H,1-2,5H2. The number of nitrogens with zero attached hydrogens (tertiary/aromatic N) is 2. The van der Waals surface area contributed by atoms with Gasteiger partial charge < -0.3 is 9.64 Å². The van der Waals surface area contributed by atoms with Crippen LogP contribution >= 0.6 is 34.5 Å². The van der Waals surface area contributed by atoms with E-state index >= 15 is 0 Å². The van der Waals surface area contributed by atoms with Gasteiger partial charge in [0.1, 0.15) is 23.9 Å². The van der Waals surface area contributed by atoms with Gasteiger partial charge in [-0.05, 0) is 6.07 Å². The number of halogens is 8. The van der Waals surface area contributed by atoms with Gasteiger partial charge in [-0.2, -0.15) is 26.3 Å². The maximum Gasteiger partial charge on any atom is 0.418 e.